The lowest BCUT2D eigenvalue weighted by atomic mass is 9.77. The van der Waals surface area contributed by atoms with Gasteiger partial charge in [-0.05, 0) is 61.6 Å². The van der Waals surface area contributed by atoms with Gasteiger partial charge in [0.15, 0.2) is 0 Å². The maximum absolute atomic E-state index is 7.01. The van der Waals surface area contributed by atoms with Crippen molar-refractivity contribution < 1.29 is 4.74 Å². The molecule has 0 bridgehead atoms. The predicted octanol–water partition coefficient (Wildman–Crippen LogP) is 7.11. The SMILES string of the molecule is C#CC(N)(c1nc(-c2cc(C)c(OC)cc2Cl)c(C)s1)[C@@H](CC1CC1)c1ccc(Cl)cc1. The van der Waals surface area contributed by atoms with Crippen LogP contribution < -0.4 is 10.5 Å². The second kappa shape index (κ2) is 9.08. The number of benzene rings is 2. The molecular weight excluding hydrogens is 459 g/mol. The summed E-state index contributed by atoms with van der Waals surface area (Å²) in [6.45, 7) is 4.02. The van der Waals surface area contributed by atoms with Gasteiger partial charge in [-0.25, -0.2) is 4.98 Å². The van der Waals surface area contributed by atoms with Crippen molar-refractivity contribution in [2.45, 2.75) is 44.6 Å². The average molecular weight is 485 g/mol. The number of rotatable bonds is 7. The van der Waals surface area contributed by atoms with E-state index >= 15 is 0 Å². The number of aromatic nitrogens is 1. The van der Waals surface area contributed by atoms with Crippen molar-refractivity contribution in [1.82, 2.24) is 4.98 Å². The number of hydrogen-bond donors (Lipinski definition) is 1. The Balaban J connectivity index is 1.79. The molecule has 0 saturated heterocycles. The van der Waals surface area contributed by atoms with E-state index in [9.17, 15) is 0 Å². The standard InChI is InChI=1S/C26H26Cl2N2OS/c1-5-26(29,21(13-17-6-7-17)18-8-10-19(27)11-9-18)25-30-24(16(3)32-25)20-12-15(2)23(31-4)14-22(20)28/h1,8-12,14,17,21H,6-7,13,29H2,2-4H3/t21-,26?/m0/s1. The Hall–Kier alpha value is -2.03. The van der Waals surface area contributed by atoms with Crippen molar-refractivity contribution in [3.63, 3.8) is 0 Å². The first kappa shape index (κ1) is 23.1. The van der Waals surface area contributed by atoms with Gasteiger partial charge in [-0.2, -0.15) is 0 Å². The molecule has 4 rings (SSSR count). The summed E-state index contributed by atoms with van der Waals surface area (Å²) in [6, 6.07) is 11.7. The van der Waals surface area contributed by atoms with Crippen molar-refractivity contribution in [3.05, 3.63) is 67.5 Å². The topological polar surface area (TPSA) is 48.1 Å². The van der Waals surface area contributed by atoms with Crippen LogP contribution in [0.4, 0.5) is 0 Å². The lowest BCUT2D eigenvalue weighted by Crippen LogP contribution is -2.41. The summed E-state index contributed by atoms with van der Waals surface area (Å²) in [5, 5.41) is 2.01. The van der Waals surface area contributed by atoms with Crippen molar-refractivity contribution >= 4 is 34.5 Å². The highest BCUT2D eigenvalue weighted by atomic mass is 35.5. The molecule has 1 saturated carbocycles. The van der Waals surface area contributed by atoms with Crippen LogP contribution in [0, 0.1) is 32.1 Å². The van der Waals surface area contributed by atoms with Crippen LogP contribution in [-0.4, -0.2) is 12.1 Å². The van der Waals surface area contributed by atoms with E-state index in [1.165, 1.54) is 12.8 Å². The summed E-state index contributed by atoms with van der Waals surface area (Å²) in [4.78, 5) is 6.00. The fourth-order valence-corrected chi connectivity index (χ4v) is 5.58. The highest BCUT2D eigenvalue weighted by Crippen LogP contribution is 2.47. The lowest BCUT2D eigenvalue weighted by molar-refractivity contribution is 0.409. The van der Waals surface area contributed by atoms with Gasteiger partial charge in [0.2, 0.25) is 0 Å². The number of hydrogen-bond acceptors (Lipinski definition) is 4. The summed E-state index contributed by atoms with van der Waals surface area (Å²) < 4.78 is 5.40. The van der Waals surface area contributed by atoms with Gasteiger partial charge in [0.25, 0.3) is 0 Å². The van der Waals surface area contributed by atoms with E-state index in [1.54, 1.807) is 18.4 Å². The van der Waals surface area contributed by atoms with Gasteiger partial charge in [0.1, 0.15) is 16.3 Å². The van der Waals surface area contributed by atoms with Crippen LogP contribution >= 0.6 is 34.5 Å². The Labute approximate surface area is 203 Å². The van der Waals surface area contributed by atoms with E-state index in [0.717, 1.165) is 44.4 Å². The molecule has 0 radical (unpaired) electrons. The fraction of sp³-hybridized carbons (Fsp3) is 0.346. The molecule has 3 nitrogen and oxygen atoms in total. The second-order valence-electron chi connectivity index (χ2n) is 8.52. The molecule has 2 atom stereocenters. The minimum atomic E-state index is -1.03. The van der Waals surface area contributed by atoms with Crippen LogP contribution in [-0.2, 0) is 5.54 Å². The number of methoxy groups -OCH3 is 1. The first-order valence-corrected chi connectivity index (χ1v) is 12.2. The molecule has 1 aliphatic rings. The largest absolute Gasteiger partial charge is 0.496 e. The third-order valence-corrected chi connectivity index (χ3v) is 7.90. The molecular formula is C26H26Cl2N2OS. The molecule has 6 heteroatoms. The van der Waals surface area contributed by atoms with Gasteiger partial charge in [-0.1, -0.05) is 54.1 Å². The van der Waals surface area contributed by atoms with Crippen LogP contribution in [0.25, 0.3) is 11.3 Å². The van der Waals surface area contributed by atoms with Crippen molar-refractivity contribution in [3.8, 4) is 29.4 Å². The maximum Gasteiger partial charge on any atom is 0.136 e. The van der Waals surface area contributed by atoms with E-state index in [4.69, 9.17) is 45.1 Å². The molecule has 1 heterocycles. The van der Waals surface area contributed by atoms with E-state index in [1.807, 2.05) is 50.2 Å². The Morgan fingerprint density at radius 2 is 1.94 bits per heavy atom. The number of terminal acetylenes is 1. The third kappa shape index (κ3) is 4.40. The molecule has 0 amide bonds. The van der Waals surface area contributed by atoms with E-state index < -0.39 is 5.54 Å². The molecule has 166 valence electrons. The molecule has 1 aromatic heterocycles. The first-order valence-electron chi connectivity index (χ1n) is 10.6. The Kier molecular flexibility index (Phi) is 6.56. The summed E-state index contributed by atoms with van der Waals surface area (Å²) in [6.07, 6.45) is 9.48. The normalized spacial score (nSPS) is 16.3. The van der Waals surface area contributed by atoms with Crippen LogP contribution in [0.15, 0.2) is 36.4 Å². The van der Waals surface area contributed by atoms with Gasteiger partial charge in [0.05, 0.1) is 17.8 Å². The van der Waals surface area contributed by atoms with Gasteiger partial charge in [-0.15, -0.1) is 17.8 Å². The van der Waals surface area contributed by atoms with E-state index in [2.05, 4.69) is 5.92 Å². The molecule has 1 fully saturated rings. The average Bonchev–Trinajstić information content (AvgIpc) is 3.53. The first-order chi connectivity index (χ1) is 15.3. The van der Waals surface area contributed by atoms with Gasteiger partial charge in [0, 0.05) is 21.4 Å². The zero-order valence-corrected chi connectivity index (χ0v) is 20.7. The molecule has 0 aliphatic heterocycles. The number of ether oxygens (including phenoxy) is 1. The predicted molar refractivity (Wildman–Crippen MR) is 135 cm³/mol. The van der Waals surface area contributed by atoms with Crippen LogP contribution in [0.2, 0.25) is 10.0 Å². The Morgan fingerprint density at radius 1 is 1.25 bits per heavy atom. The summed E-state index contributed by atoms with van der Waals surface area (Å²) in [5.74, 6) is 4.26. The zero-order chi connectivity index (χ0) is 23.0. The van der Waals surface area contributed by atoms with Gasteiger partial charge < -0.3 is 10.5 Å². The quantitative estimate of drug-likeness (QED) is 0.363. The van der Waals surface area contributed by atoms with Crippen molar-refractivity contribution in [2.75, 3.05) is 7.11 Å². The third-order valence-electron chi connectivity index (χ3n) is 6.22. The second-order valence-corrected chi connectivity index (χ2v) is 10.6. The number of thiazole rings is 1. The van der Waals surface area contributed by atoms with E-state index in [0.29, 0.717) is 16.0 Å². The zero-order valence-electron chi connectivity index (χ0n) is 18.4. The highest BCUT2D eigenvalue weighted by Gasteiger charge is 2.42. The minimum Gasteiger partial charge on any atom is -0.496 e. The summed E-state index contributed by atoms with van der Waals surface area (Å²) in [7, 11) is 1.64. The number of halogens is 2. The number of nitrogens with two attached hydrogens (primary N) is 1. The molecule has 1 unspecified atom stereocenters. The molecule has 2 aromatic carbocycles. The molecule has 0 spiro atoms. The van der Waals surface area contributed by atoms with Crippen LogP contribution in [0.3, 0.4) is 0 Å². The molecule has 2 N–H and O–H groups in total. The fourth-order valence-electron chi connectivity index (χ4n) is 4.17. The Morgan fingerprint density at radius 3 is 2.53 bits per heavy atom. The van der Waals surface area contributed by atoms with Crippen molar-refractivity contribution in [2.24, 2.45) is 11.7 Å². The molecule has 3 aromatic rings. The highest BCUT2D eigenvalue weighted by molar-refractivity contribution is 7.12. The Bertz CT molecular complexity index is 1180. The lowest BCUT2D eigenvalue weighted by Gasteiger charge is -2.32. The molecule has 32 heavy (non-hydrogen) atoms. The van der Waals surface area contributed by atoms with Crippen molar-refractivity contribution in [1.29, 1.82) is 0 Å². The van der Waals surface area contributed by atoms with Crippen LogP contribution in [0.5, 0.6) is 5.75 Å². The smallest absolute Gasteiger partial charge is 0.136 e. The monoisotopic (exact) mass is 484 g/mol. The minimum absolute atomic E-state index is 0.0521. The summed E-state index contributed by atoms with van der Waals surface area (Å²) >= 11 is 14.3. The van der Waals surface area contributed by atoms with Crippen LogP contribution in [0.1, 0.15) is 46.2 Å². The van der Waals surface area contributed by atoms with E-state index in [-0.39, 0.29) is 5.92 Å². The summed E-state index contributed by atoms with van der Waals surface area (Å²) in [5.41, 5.74) is 9.73. The number of aryl methyl sites for hydroxylation is 2. The van der Waals surface area contributed by atoms with Gasteiger partial charge >= 0.3 is 0 Å². The van der Waals surface area contributed by atoms with Gasteiger partial charge in [-0.3, -0.25) is 0 Å². The molecule has 1 aliphatic carbocycles. The maximum atomic E-state index is 7.01. The number of nitrogens with zero attached hydrogens (tertiary/aromatic N) is 1.